The Morgan fingerprint density at radius 2 is 2.20 bits per heavy atom. The van der Waals surface area contributed by atoms with Gasteiger partial charge in [-0.15, -0.1) is 0 Å². The first kappa shape index (κ1) is 17.7. The fraction of sp³-hybridized carbons (Fsp3) is 0.444. The number of piperidine rings is 1. The molecule has 1 aliphatic rings. The molecule has 2 aromatic rings. The first-order valence-electron chi connectivity index (χ1n) is 8.39. The van der Waals surface area contributed by atoms with Crippen molar-refractivity contribution < 1.29 is 13.9 Å². The van der Waals surface area contributed by atoms with Crippen molar-refractivity contribution in [3.8, 4) is 5.75 Å². The van der Waals surface area contributed by atoms with Crippen molar-refractivity contribution in [3.05, 3.63) is 40.7 Å². The SMILES string of the molecule is CNc1nc(C)c(C(=O)N2CCCC(COc3ccc(F)cc3)C2)s1. The van der Waals surface area contributed by atoms with Crippen LogP contribution >= 0.6 is 11.3 Å². The molecule has 1 aromatic heterocycles. The number of halogens is 1. The molecule has 1 N–H and O–H groups in total. The lowest BCUT2D eigenvalue weighted by Gasteiger charge is -2.32. The Labute approximate surface area is 150 Å². The molecule has 1 aromatic carbocycles. The molecular weight excluding hydrogens is 341 g/mol. The number of hydrogen-bond donors (Lipinski definition) is 1. The van der Waals surface area contributed by atoms with Gasteiger partial charge in [0.25, 0.3) is 5.91 Å². The summed E-state index contributed by atoms with van der Waals surface area (Å²) < 4.78 is 18.7. The molecule has 1 amide bonds. The van der Waals surface area contributed by atoms with Crippen LogP contribution in [0.3, 0.4) is 0 Å². The second-order valence-corrected chi connectivity index (χ2v) is 7.21. The Hall–Kier alpha value is -2.15. The third-order valence-corrected chi connectivity index (χ3v) is 5.47. The number of nitrogens with one attached hydrogen (secondary N) is 1. The molecule has 0 spiro atoms. The summed E-state index contributed by atoms with van der Waals surface area (Å²) in [5, 5.41) is 3.75. The fourth-order valence-corrected chi connectivity index (χ4v) is 3.86. The van der Waals surface area contributed by atoms with E-state index in [1.807, 2.05) is 11.8 Å². The van der Waals surface area contributed by atoms with Gasteiger partial charge in [0.1, 0.15) is 16.4 Å². The summed E-state index contributed by atoms with van der Waals surface area (Å²) in [5.74, 6) is 0.701. The van der Waals surface area contributed by atoms with Crippen LogP contribution < -0.4 is 10.1 Å². The van der Waals surface area contributed by atoms with Gasteiger partial charge in [-0.25, -0.2) is 9.37 Å². The second kappa shape index (κ2) is 7.82. The van der Waals surface area contributed by atoms with Crippen molar-refractivity contribution in [1.29, 1.82) is 0 Å². The van der Waals surface area contributed by atoms with Crippen LogP contribution in [-0.2, 0) is 0 Å². The van der Waals surface area contributed by atoms with E-state index in [2.05, 4.69) is 10.3 Å². The van der Waals surface area contributed by atoms with Crippen LogP contribution in [0.2, 0.25) is 0 Å². The van der Waals surface area contributed by atoms with Gasteiger partial charge in [-0.05, 0) is 44.0 Å². The van der Waals surface area contributed by atoms with Crippen LogP contribution in [0.1, 0.15) is 28.2 Å². The topological polar surface area (TPSA) is 54.5 Å². The van der Waals surface area contributed by atoms with Crippen molar-refractivity contribution in [1.82, 2.24) is 9.88 Å². The Balaban J connectivity index is 1.59. The van der Waals surface area contributed by atoms with Crippen molar-refractivity contribution in [2.75, 3.05) is 32.1 Å². The number of carbonyl (C=O) groups excluding carboxylic acids is 1. The molecule has 3 rings (SSSR count). The van der Waals surface area contributed by atoms with Gasteiger partial charge in [0.15, 0.2) is 5.13 Å². The number of amides is 1. The Kier molecular flexibility index (Phi) is 5.53. The van der Waals surface area contributed by atoms with E-state index < -0.39 is 0 Å². The normalized spacial score (nSPS) is 17.4. The Morgan fingerprint density at radius 3 is 2.88 bits per heavy atom. The van der Waals surface area contributed by atoms with Gasteiger partial charge < -0.3 is 15.0 Å². The van der Waals surface area contributed by atoms with Crippen molar-refractivity contribution >= 4 is 22.4 Å². The average molecular weight is 363 g/mol. The van der Waals surface area contributed by atoms with Gasteiger partial charge >= 0.3 is 0 Å². The predicted octanol–water partition coefficient (Wildman–Crippen LogP) is 3.56. The highest BCUT2D eigenvalue weighted by Crippen LogP contribution is 2.26. The number of hydrogen-bond acceptors (Lipinski definition) is 5. The van der Waals surface area contributed by atoms with E-state index in [9.17, 15) is 9.18 Å². The molecule has 1 saturated heterocycles. The maximum absolute atomic E-state index is 12.9. The highest BCUT2D eigenvalue weighted by atomic mass is 32.1. The number of aromatic nitrogens is 1. The lowest BCUT2D eigenvalue weighted by atomic mass is 9.98. The molecular formula is C18H22FN3O2S. The van der Waals surface area contributed by atoms with Gasteiger partial charge in [-0.3, -0.25) is 4.79 Å². The number of carbonyl (C=O) groups is 1. The number of benzene rings is 1. The minimum absolute atomic E-state index is 0.0444. The summed E-state index contributed by atoms with van der Waals surface area (Å²) in [7, 11) is 1.80. The molecule has 1 unspecified atom stereocenters. The lowest BCUT2D eigenvalue weighted by Crippen LogP contribution is -2.41. The van der Waals surface area contributed by atoms with Crippen molar-refractivity contribution in [3.63, 3.8) is 0 Å². The van der Waals surface area contributed by atoms with E-state index >= 15 is 0 Å². The molecule has 0 aliphatic carbocycles. The Bertz CT molecular complexity index is 732. The summed E-state index contributed by atoms with van der Waals surface area (Å²) in [5.41, 5.74) is 0.768. The van der Waals surface area contributed by atoms with E-state index in [0.717, 1.165) is 30.2 Å². The van der Waals surface area contributed by atoms with Crippen LogP contribution in [0.15, 0.2) is 24.3 Å². The van der Waals surface area contributed by atoms with E-state index in [-0.39, 0.29) is 17.6 Å². The van der Waals surface area contributed by atoms with Crippen molar-refractivity contribution in [2.45, 2.75) is 19.8 Å². The molecule has 134 valence electrons. The molecule has 0 bridgehead atoms. The molecule has 5 nitrogen and oxygen atoms in total. The van der Waals surface area contributed by atoms with E-state index in [4.69, 9.17) is 4.74 Å². The first-order valence-corrected chi connectivity index (χ1v) is 9.21. The zero-order valence-electron chi connectivity index (χ0n) is 14.4. The molecule has 1 atom stereocenters. The van der Waals surface area contributed by atoms with E-state index in [1.165, 1.54) is 23.5 Å². The third-order valence-electron chi connectivity index (χ3n) is 4.31. The molecule has 1 fully saturated rings. The Morgan fingerprint density at radius 1 is 1.44 bits per heavy atom. The maximum atomic E-state index is 12.9. The summed E-state index contributed by atoms with van der Waals surface area (Å²) in [4.78, 5) is 19.7. The number of aryl methyl sites for hydroxylation is 1. The maximum Gasteiger partial charge on any atom is 0.265 e. The number of rotatable bonds is 5. The minimum Gasteiger partial charge on any atom is -0.493 e. The largest absolute Gasteiger partial charge is 0.493 e. The summed E-state index contributed by atoms with van der Waals surface area (Å²) in [6.45, 7) is 3.83. The zero-order chi connectivity index (χ0) is 17.8. The number of anilines is 1. The highest BCUT2D eigenvalue weighted by Gasteiger charge is 2.27. The molecule has 2 heterocycles. The van der Waals surface area contributed by atoms with Gasteiger partial charge in [0.05, 0.1) is 12.3 Å². The van der Waals surface area contributed by atoms with E-state index in [1.54, 1.807) is 19.2 Å². The van der Waals surface area contributed by atoms with Crippen LogP contribution in [0.4, 0.5) is 9.52 Å². The monoisotopic (exact) mass is 363 g/mol. The molecule has 0 radical (unpaired) electrons. The number of ether oxygens (including phenoxy) is 1. The van der Waals surface area contributed by atoms with Gasteiger partial charge in [-0.1, -0.05) is 11.3 Å². The summed E-state index contributed by atoms with van der Waals surface area (Å²) >= 11 is 1.39. The second-order valence-electron chi connectivity index (χ2n) is 6.21. The summed E-state index contributed by atoms with van der Waals surface area (Å²) in [6.07, 6.45) is 1.98. The minimum atomic E-state index is -0.275. The number of likely N-dealkylation sites (tertiary alicyclic amines) is 1. The van der Waals surface area contributed by atoms with Gasteiger partial charge in [0, 0.05) is 26.1 Å². The van der Waals surface area contributed by atoms with Crippen molar-refractivity contribution in [2.24, 2.45) is 5.92 Å². The standard InChI is InChI=1S/C18H22FN3O2S/c1-12-16(25-18(20-2)21-12)17(23)22-9-3-4-13(10-22)11-24-15-7-5-14(19)6-8-15/h5-8,13H,3-4,9-11H2,1-2H3,(H,20,21). The lowest BCUT2D eigenvalue weighted by molar-refractivity contribution is 0.0637. The quantitative estimate of drug-likeness (QED) is 0.882. The van der Waals surface area contributed by atoms with Crippen LogP contribution in [-0.4, -0.2) is 42.5 Å². The molecule has 0 saturated carbocycles. The third kappa shape index (κ3) is 4.28. The molecule has 25 heavy (non-hydrogen) atoms. The average Bonchev–Trinajstić information content (AvgIpc) is 3.02. The number of thiazole rings is 1. The van der Waals surface area contributed by atoms with Gasteiger partial charge in [-0.2, -0.15) is 0 Å². The fourth-order valence-electron chi connectivity index (χ4n) is 2.98. The van der Waals surface area contributed by atoms with E-state index in [0.29, 0.717) is 23.8 Å². The highest BCUT2D eigenvalue weighted by molar-refractivity contribution is 7.17. The zero-order valence-corrected chi connectivity index (χ0v) is 15.2. The predicted molar refractivity (Wildman–Crippen MR) is 96.9 cm³/mol. The van der Waals surface area contributed by atoms with Crippen LogP contribution in [0.25, 0.3) is 0 Å². The summed E-state index contributed by atoms with van der Waals surface area (Å²) in [6, 6.07) is 6.03. The number of nitrogens with zero attached hydrogens (tertiary/aromatic N) is 2. The molecule has 1 aliphatic heterocycles. The first-order chi connectivity index (χ1) is 12.1. The van der Waals surface area contributed by atoms with Gasteiger partial charge in [0.2, 0.25) is 0 Å². The smallest absolute Gasteiger partial charge is 0.265 e. The van der Waals surface area contributed by atoms with Crippen LogP contribution in [0.5, 0.6) is 5.75 Å². The molecule has 7 heteroatoms. The van der Waals surface area contributed by atoms with Crippen LogP contribution in [0, 0.1) is 18.7 Å².